The second-order valence-corrected chi connectivity index (χ2v) is 4.38. The third kappa shape index (κ3) is 2.14. The minimum atomic E-state index is -0.990. The van der Waals surface area contributed by atoms with Gasteiger partial charge in [-0.1, -0.05) is 0 Å². The van der Waals surface area contributed by atoms with Gasteiger partial charge in [0.15, 0.2) is 6.61 Å². The van der Waals surface area contributed by atoms with Gasteiger partial charge in [0.25, 0.3) is 0 Å². The molecular formula is C9H11BrN2O3. The van der Waals surface area contributed by atoms with Crippen LogP contribution in [0.3, 0.4) is 0 Å². The smallest absolute Gasteiger partial charge is 0.341 e. The standard InChI is InChI=1S/C9H11BrN2O3/c1-12-9(15-4-6(13)14)7(10)8(11-12)5-2-3-5/h5H,2-4H2,1H3,(H,13,14). The lowest BCUT2D eigenvalue weighted by Gasteiger charge is -2.02. The summed E-state index contributed by atoms with van der Waals surface area (Å²) >= 11 is 3.39. The van der Waals surface area contributed by atoms with Gasteiger partial charge in [0.1, 0.15) is 4.47 Å². The number of rotatable bonds is 4. The minimum Gasteiger partial charge on any atom is -0.479 e. The lowest BCUT2D eigenvalue weighted by molar-refractivity contribution is -0.139. The van der Waals surface area contributed by atoms with Crippen LogP contribution in [0.15, 0.2) is 4.47 Å². The molecule has 1 fully saturated rings. The lowest BCUT2D eigenvalue weighted by atomic mass is 10.3. The van der Waals surface area contributed by atoms with Gasteiger partial charge in [-0.2, -0.15) is 5.10 Å². The summed E-state index contributed by atoms with van der Waals surface area (Å²) in [5, 5.41) is 12.8. The summed E-state index contributed by atoms with van der Waals surface area (Å²) in [6.07, 6.45) is 2.29. The first-order valence-electron chi connectivity index (χ1n) is 4.66. The molecule has 0 spiro atoms. The number of carbonyl (C=O) groups is 1. The molecule has 0 radical (unpaired) electrons. The molecule has 6 heteroatoms. The molecule has 15 heavy (non-hydrogen) atoms. The van der Waals surface area contributed by atoms with Crippen molar-refractivity contribution in [3.05, 3.63) is 10.2 Å². The van der Waals surface area contributed by atoms with Crippen molar-refractivity contribution in [1.29, 1.82) is 0 Å². The predicted molar refractivity (Wildman–Crippen MR) is 56.0 cm³/mol. The van der Waals surface area contributed by atoms with E-state index in [1.807, 2.05) is 0 Å². The third-order valence-electron chi connectivity index (χ3n) is 2.26. The van der Waals surface area contributed by atoms with Crippen LogP contribution in [0, 0.1) is 0 Å². The molecule has 0 atom stereocenters. The Morgan fingerprint density at radius 3 is 2.93 bits per heavy atom. The van der Waals surface area contributed by atoms with Gasteiger partial charge in [-0.3, -0.25) is 0 Å². The summed E-state index contributed by atoms with van der Waals surface area (Å²) in [7, 11) is 1.74. The van der Waals surface area contributed by atoms with E-state index in [2.05, 4.69) is 21.0 Å². The van der Waals surface area contributed by atoms with Gasteiger partial charge in [-0.25, -0.2) is 9.48 Å². The Kier molecular flexibility index (Phi) is 2.68. The van der Waals surface area contributed by atoms with E-state index in [0.29, 0.717) is 11.8 Å². The van der Waals surface area contributed by atoms with Gasteiger partial charge in [0, 0.05) is 13.0 Å². The molecule has 1 aromatic rings. The molecule has 0 aliphatic heterocycles. The molecule has 1 N–H and O–H groups in total. The van der Waals surface area contributed by atoms with E-state index in [0.717, 1.165) is 23.0 Å². The Labute approximate surface area is 95.2 Å². The SMILES string of the molecule is Cn1nc(C2CC2)c(Br)c1OCC(=O)O. The van der Waals surface area contributed by atoms with Crippen molar-refractivity contribution in [3.8, 4) is 5.88 Å². The summed E-state index contributed by atoms with van der Waals surface area (Å²) in [6, 6.07) is 0. The number of hydrogen-bond donors (Lipinski definition) is 1. The third-order valence-corrected chi connectivity index (χ3v) is 3.01. The quantitative estimate of drug-likeness (QED) is 0.904. The molecular weight excluding hydrogens is 264 g/mol. The van der Waals surface area contributed by atoms with Crippen LogP contribution >= 0.6 is 15.9 Å². The summed E-state index contributed by atoms with van der Waals surface area (Å²) in [6.45, 7) is -0.345. The van der Waals surface area contributed by atoms with Gasteiger partial charge in [-0.15, -0.1) is 0 Å². The van der Waals surface area contributed by atoms with Crippen LogP contribution in [0.25, 0.3) is 0 Å². The van der Waals surface area contributed by atoms with E-state index in [1.165, 1.54) is 0 Å². The summed E-state index contributed by atoms with van der Waals surface area (Å²) in [5.74, 6) is 0.00289. The number of aromatic nitrogens is 2. The van der Waals surface area contributed by atoms with Crippen molar-refractivity contribution in [2.45, 2.75) is 18.8 Å². The Morgan fingerprint density at radius 2 is 2.40 bits per heavy atom. The maximum Gasteiger partial charge on any atom is 0.341 e. The lowest BCUT2D eigenvalue weighted by Crippen LogP contribution is -2.11. The van der Waals surface area contributed by atoms with Crippen LogP contribution in [-0.4, -0.2) is 27.5 Å². The van der Waals surface area contributed by atoms with E-state index in [-0.39, 0.29) is 6.61 Å². The summed E-state index contributed by atoms with van der Waals surface area (Å²) < 4.78 is 7.50. The van der Waals surface area contributed by atoms with Crippen molar-refractivity contribution in [1.82, 2.24) is 9.78 Å². The first-order chi connectivity index (χ1) is 7.09. The maximum atomic E-state index is 10.4. The van der Waals surface area contributed by atoms with Gasteiger partial charge in [0.05, 0.1) is 5.69 Å². The van der Waals surface area contributed by atoms with Crippen molar-refractivity contribution in [2.75, 3.05) is 6.61 Å². The topological polar surface area (TPSA) is 64.4 Å². The zero-order valence-corrected chi connectivity index (χ0v) is 9.82. The second kappa shape index (κ2) is 3.84. The molecule has 1 aliphatic carbocycles. The monoisotopic (exact) mass is 274 g/mol. The first kappa shape index (κ1) is 10.5. The Hall–Kier alpha value is -1.04. The molecule has 0 unspecified atom stereocenters. The normalized spacial score (nSPS) is 15.3. The van der Waals surface area contributed by atoms with E-state index in [4.69, 9.17) is 9.84 Å². The minimum absolute atomic E-state index is 0.345. The number of carboxylic acid groups (broad SMARTS) is 1. The van der Waals surface area contributed by atoms with E-state index in [1.54, 1.807) is 11.7 Å². The summed E-state index contributed by atoms with van der Waals surface area (Å²) in [4.78, 5) is 10.4. The fourth-order valence-corrected chi connectivity index (χ4v) is 2.18. The molecule has 0 bridgehead atoms. The summed E-state index contributed by atoms with van der Waals surface area (Å²) in [5.41, 5.74) is 0.970. The molecule has 0 saturated heterocycles. The van der Waals surface area contributed by atoms with Gasteiger partial charge in [0.2, 0.25) is 5.88 Å². The van der Waals surface area contributed by atoms with Gasteiger partial charge >= 0.3 is 5.97 Å². The zero-order chi connectivity index (χ0) is 11.0. The molecule has 5 nitrogen and oxygen atoms in total. The van der Waals surface area contributed by atoms with Crippen molar-refractivity contribution in [3.63, 3.8) is 0 Å². The molecule has 0 amide bonds. The molecule has 1 saturated carbocycles. The Bertz CT molecular complexity index is 398. The molecule has 1 aromatic heterocycles. The van der Waals surface area contributed by atoms with Crippen LogP contribution in [0.2, 0.25) is 0 Å². The zero-order valence-electron chi connectivity index (χ0n) is 8.23. The highest BCUT2D eigenvalue weighted by Crippen LogP contribution is 2.45. The number of aryl methyl sites for hydroxylation is 1. The first-order valence-corrected chi connectivity index (χ1v) is 5.46. The predicted octanol–water partition coefficient (Wildman–Crippen LogP) is 1.52. The number of carboxylic acids is 1. The van der Waals surface area contributed by atoms with Crippen LogP contribution < -0.4 is 4.74 Å². The van der Waals surface area contributed by atoms with Crippen LogP contribution in [-0.2, 0) is 11.8 Å². The number of ether oxygens (including phenoxy) is 1. The van der Waals surface area contributed by atoms with Crippen LogP contribution in [0.4, 0.5) is 0 Å². The van der Waals surface area contributed by atoms with E-state index in [9.17, 15) is 4.79 Å². The molecule has 82 valence electrons. The van der Waals surface area contributed by atoms with E-state index < -0.39 is 5.97 Å². The average Bonchev–Trinajstić information content (AvgIpc) is 2.93. The van der Waals surface area contributed by atoms with Crippen LogP contribution in [0.5, 0.6) is 5.88 Å². The maximum absolute atomic E-state index is 10.4. The molecule has 2 rings (SSSR count). The molecule has 0 aromatic carbocycles. The van der Waals surface area contributed by atoms with Crippen molar-refractivity contribution >= 4 is 21.9 Å². The van der Waals surface area contributed by atoms with E-state index >= 15 is 0 Å². The highest BCUT2D eigenvalue weighted by atomic mass is 79.9. The fourth-order valence-electron chi connectivity index (χ4n) is 1.41. The molecule has 1 aliphatic rings. The molecule has 1 heterocycles. The number of halogens is 1. The average molecular weight is 275 g/mol. The highest BCUT2D eigenvalue weighted by molar-refractivity contribution is 9.10. The van der Waals surface area contributed by atoms with Crippen LogP contribution in [0.1, 0.15) is 24.5 Å². The van der Waals surface area contributed by atoms with Crippen molar-refractivity contribution in [2.24, 2.45) is 7.05 Å². The Morgan fingerprint density at radius 1 is 1.73 bits per heavy atom. The number of hydrogen-bond acceptors (Lipinski definition) is 3. The Balaban J connectivity index is 2.18. The highest BCUT2D eigenvalue weighted by Gasteiger charge is 2.31. The van der Waals surface area contributed by atoms with Gasteiger partial charge < -0.3 is 9.84 Å². The fraction of sp³-hybridized carbons (Fsp3) is 0.556. The van der Waals surface area contributed by atoms with Gasteiger partial charge in [-0.05, 0) is 28.8 Å². The largest absolute Gasteiger partial charge is 0.479 e. The van der Waals surface area contributed by atoms with Crippen molar-refractivity contribution < 1.29 is 14.6 Å². The number of aliphatic carboxylic acids is 1. The second-order valence-electron chi connectivity index (χ2n) is 3.58. The number of nitrogens with zero attached hydrogens (tertiary/aromatic N) is 2.